The van der Waals surface area contributed by atoms with Crippen molar-refractivity contribution in [2.45, 2.75) is 32.1 Å². The van der Waals surface area contributed by atoms with E-state index in [0.717, 1.165) is 36.2 Å². The first kappa shape index (κ1) is 14.5. The summed E-state index contributed by atoms with van der Waals surface area (Å²) in [5, 5.41) is 2.09. The van der Waals surface area contributed by atoms with Crippen molar-refractivity contribution < 1.29 is 8.42 Å². The maximum absolute atomic E-state index is 11.8. The number of sulfonamides is 1. The highest BCUT2D eigenvalue weighted by molar-refractivity contribution is 7.92. The van der Waals surface area contributed by atoms with Crippen molar-refractivity contribution in [1.29, 1.82) is 0 Å². The second-order valence-electron chi connectivity index (χ2n) is 5.24. The lowest BCUT2D eigenvalue weighted by atomic mass is 9.81. The molecule has 0 fully saturated rings. The summed E-state index contributed by atoms with van der Waals surface area (Å²) in [4.78, 5) is 4.44. The number of hydrogen-bond donors (Lipinski definition) is 1. The first-order chi connectivity index (χ1) is 10.1. The van der Waals surface area contributed by atoms with Crippen LogP contribution in [0.5, 0.6) is 0 Å². The molecule has 0 saturated heterocycles. The van der Waals surface area contributed by atoms with Crippen LogP contribution in [-0.2, 0) is 16.4 Å². The lowest BCUT2D eigenvalue weighted by molar-refractivity contribution is 0.600. The molecule has 21 heavy (non-hydrogen) atoms. The van der Waals surface area contributed by atoms with Gasteiger partial charge in [0.1, 0.15) is 0 Å². The number of fused-ring (bicyclic) bond motifs is 1. The van der Waals surface area contributed by atoms with Gasteiger partial charge in [-0.25, -0.2) is 13.4 Å². The Bertz CT molecular complexity index is 724. The summed E-state index contributed by atoms with van der Waals surface area (Å²) in [6.45, 7) is 1.65. The van der Waals surface area contributed by atoms with Crippen LogP contribution in [0.3, 0.4) is 0 Å². The standard InChI is InChI=1S/C15H18N2O2S2/c1-2-21(18,19)17-14-8-4-5-11-12(14)6-3-7-13(11)15-9-20-10-16-15/h4-5,8-10,13,17H,2-3,6-7H2,1H3. The third-order valence-corrected chi connectivity index (χ3v) is 5.86. The largest absolute Gasteiger partial charge is 0.283 e. The number of anilines is 1. The summed E-state index contributed by atoms with van der Waals surface area (Å²) in [7, 11) is -3.24. The predicted molar refractivity (Wildman–Crippen MR) is 86.4 cm³/mol. The molecule has 0 saturated carbocycles. The molecule has 1 atom stereocenters. The molecule has 0 spiro atoms. The molecule has 0 aliphatic heterocycles. The number of nitrogens with zero attached hydrogens (tertiary/aromatic N) is 1. The minimum absolute atomic E-state index is 0.0895. The van der Waals surface area contributed by atoms with Crippen LogP contribution in [-0.4, -0.2) is 19.2 Å². The first-order valence-corrected chi connectivity index (χ1v) is 9.70. The van der Waals surface area contributed by atoms with Gasteiger partial charge in [0.25, 0.3) is 0 Å². The van der Waals surface area contributed by atoms with Crippen LogP contribution in [0.25, 0.3) is 0 Å². The van der Waals surface area contributed by atoms with E-state index in [1.165, 1.54) is 5.56 Å². The summed E-state index contributed by atoms with van der Waals surface area (Å²) in [5.74, 6) is 0.373. The van der Waals surface area contributed by atoms with Crippen LogP contribution < -0.4 is 4.72 Å². The SMILES string of the molecule is CCS(=O)(=O)Nc1cccc2c1CCCC2c1cscn1. The third-order valence-electron chi connectivity index (χ3n) is 3.96. The molecule has 1 aliphatic rings. The highest BCUT2D eigenvalue weighted by Crippen LogP contribution is 2.39. The van der Waals surface area contributed by atoms with E-state index in [-0.39, 0.29) is 11.7 Å². The summed E-state index contributed by atoms with van der Waals surface area (Å²) >= 11 is 1.60. The molecule has 0 amide bonds. The van der Waals surface area contributed by atoms with E-state index in [9.17, 15) is 8.42 Å². The molecule has 0 radical (unpaired) electrons. The second kappa shape index (κ2) is 5.77. The fraction of sp³-hybridized carbons (Fsp3) is 0.400. The van der Waals surface area contributed by atoms with E-state index in [1.54, 1.807) is 18.3 Å². The van der Waals surface area contributed by atoms with Gasteiger partial charge in [-0.2, -0.15) is 0 Å². The van der Waals surface area contributed by atoms with E-state index in [2.05, 4.69) is 21.2 Å². The highest BCUT2D eigenvalue weighted by Gasteiger charge is 2.25. The summed E-state index contributed by atoms with van der Waals surface area (Å²) in [6.07, 6.45) is 3.04. The van der Waals surface area contributed by atoms with Gasteiger partial charge >= 0.3 is 0 Å². The van der Waals surface area contributed by atoms with Crippen LogP contribution in [0, 0.1) is 0 Å². The minimum atomic E-state index is -3.24. The Morgan fingerprint density at radius 1 is 1.43 bits per heavy atom. The topological polar surface area (TPSA) is 59.1 Å². The van der Waals surface area contributed by atoms with E-state index in [0.29, 0.717) is 0 Å². The molecule has 1 heterocycles. The van der Waals surface area contributed by atoms with Crippen LogP contribution in [0.4, 0.5) is 5.69 Å². The van der Waals surface area contributed by atoms with Crippen molar-refractivity contribution in [3.8, 4) is 0 Å². The normalized spacial score (nSPS) is 18.2. The summed E-state index contributed by atoms with van der Waals surface area (Å²) in [5.41, 5.74) is 6.01. The molecular formula is C15H18N2O2S2. The Kier molecular flexibility index (Phi) is 3.99. The minimum Gasteiger partial charge on any atom is -0.283 e. The maximum Gasteiger partial charge on any atom is 0.232 e. The number of nitrogens with one attached hydrogen (secondary N) is 1. The maximum atomic E-state index is 11.8. The predicted octanol–water partition coefficient (Wildman–Crippen LogP) is 3.37. The molecule has 1 aliphatic carbocycles. The molecule has 6 heteroatoms. The van der Waals surface area contributed by atoms with Crippen molar-refractivity contribution in [3.05, 3.63) is 45.9 Å². The summed E-state index contributed by atoms with van der Waals surface area (Å²) < 4.78 is 26.4. The number of thiazole rings is 1. The quantitative estimate of drug-likeness (QED) is 0.939. The van der Waals surface area contributed by atoms with Gasteiger partial charge in [0.15, 0.2) is 0 Å². The Morgan fingerprint density at radius 3 is 3.00 bits per heavy atom. The average Bonchev–Trinajstić information content (AvgIpc) is 3.01. The molecule has 1 N–H and O–H groups in total. The zero-order chi connectivity index (χ0) is 14.9. The van der Waals surface area contributed by atoms with Crippen LogP contribution in [0.15, 0.2) is 29.1 Å². The van der Waals surface area contributed by atoms with Gasteiger partial charge < -0.3 is 0 Å². The van der Waals surface area contributed by atoms with Gasteiger partial charge in [0.05, 0.1) is 22.6 Å². The number of hydrogen-bond acceptors (Lipinski definition) is 4. The Balaban J connectivity index is 2.02. The van der Waals surface area contributed by atoms with E-state index in [1.807, 2.05) is 17.6 Å². The molecule has 0 bridgehead atoms. The van der Waals surface area contributed by atoms with Crippen LogP contribution >= 0.6 is 11.3 Å². The smallest absolute Gasteiger partial charge is 0.232 e. The Morgan fingerprint density at radius 2 is 2.29 bits per heavy atom. The van der Waals surface area contributed by atoms with Crippen LogP contribution in [0.2, 0.25) is 0 Å². The van der Waals surface area contributed by atoms with Crippen molar-refractivity contribution in [2.24, 2.45) is 0 Å². The third kappa shape index (κ3) is 2.96. The lowest BCUT2D eigenvalue weighted by Crippen LogP contribution is -2.19. The first-order valence-electron chi connectivity index (χ1n) is 7.11. The van der Waals surface area contributed by atoms with Gasteiger partial charge in [-0.15, -0.1) is 11.3 Å². The zero-order valence-electron chi connectivity index (χ0n) is 11.9. The number of aromatic nitrogens is 1. The lowest BCUT2D eigenvalue weighted by Gasteiger charge is -2.26. The number of benzene rings is 1. The molecule has 2 aromatic rings. The molecule has 1 unspecified atom stereocenters. The highest BCUT2D eigenvalue weighted by atomic mass is 32.2. The van der Waals surface area contributed by atoms with E-state index >= 15 is 0 Å². The second-order valence-corrected chi connectivity index (χ2v) is 7.97. The van der Waals surface area contributed by atoms with Crippen molar-refractivity contribution >= 4 is 27.0 Å². The van der Waals surface area contributed by atoms with Gasteiger partial charge in [0, 0.05) is 11.3 Å². The summed E-state index contributed by atoms with van der Waals surface area (Å²) in [6, 6.07) is 5.88. The zero-order valence-corrected chi connectivity index (χ0v) is 13.5. The fourth-order valence-electron chi connectivity index (χ4n) is 2.89. The van der Waals surface area contributed by atoms with Crippen molar-refractivity contribution in [3.63, 3.8) is 0 Å². The monoisotopic (exact) mass is 322 g/mol. The molecule has 1 aromatic heterocycles. The van der Waals surface area contributed by atoms with Gasteiger partial charge in [0.2, 0.25) is 10.0 Å². The Labute approximate surface area is 129 Å². The molecule has 3 rings (SSSR count). The van der Waals surface area contributed by atoms with E-state index < -0.39 is 10.0 Å². The van der Waals surface area contributed by atoms with Gasteiger partial charge in [-0.3, -0.25) is 4.72 Å². The number of rotatable bonds is 4. The van der Waals surface area contributed by atoms with Gasteiger partial charge in [-0.1, -0.05) is 12.1 Å². The molecule has 4 nitrogen and oxygen atoms in total. The average molecular weight is 322 g/mol. The van der Waals surface area contributed by atoms with Gasteiger partial charge in [-0.05, 0) is 43.4 Å². The van der Waals surface area contributed by atoms with Crippen molar-refractivity contribution in [1.82, 2.24) is 4.98 Å². The Hall–Kier alpha value is -1.40. The fourth-order valence-corrected chi connectivity index (χ4v) is 4.16. The molecular weight excluding hydrogens is 304 g/mol. The van der Waals surface area contributed by atoms with E-state index in [4.69, 9.17) is 0 Å². The van der Waals surface area contributed by atoms with Crippen LogP contribution in [0.1, 0.15) is 42.5 Å². The molecule has 1 aromatic carbocycles. The van der Waals surface area contributed by atoms with Crippen molar-refractivity contribution in [2.75, 3.05) is 10.5 Å². The molecule has 112 valence electrons.